The molecule has 24 N–H and O–H groups in total. The molecule has 4 aromatic carbocycles. The van der Waals surface area contributed by atoms with Gasteiger partial charge in [-0.3, -0.25) is 38.9 Å². The molecule has 0 fully saturated rings. The van der Waals surface area contributed by atoms with E-state index in [0.29, 0.717) is 5.56 Å². The number of hydrogen-bond donors (Lipinski definition) is 15. The number of aliphatic imine (C=N–C) groups is 4. The summed E-state index contributed by atoms with van der Waals surface area (Å²) >= 11 is 0. The number of nitro groups is 1. The molecule has 5 rings (SSSR count). The van der Waals surface area contributed by atoms with Gasteiger partial charge in [0.25, 0.3) is 29.5 Å². The molecule has 1 aromatic heterocycles. The normalized spacial score (nSPS) is 13.2. The number of fused-ring (bicyclic) bond motifs is 1. The lowest BCUT2D eigenvalue weighted by molar-refractivity contribution is -0.383. The number of hydrogen-bond acceptors (Lipinski definition) is 17. The first-order valence-corrected chi connectivity index (χ1v) is 21.5. The molecule has 0 saturated heterocycles. The molecule has 32 heteroatoms. The average molecular weight is 1040 g/mol. The molecule has 32 nitrogen and oxygen atoms in total. The van der Waals surface area contributed by atoms with Gasteiger partial charge in [-0.25, -0.2) is 24.6 Å². The zero-order chi connectivity index (χ0) is 54.9. The standard InChI is InChI=1S/C43H50N22O10/c44-29(66)30(58-40(45)46)54-35(68)32(60-42(49)50)56-37(70)33(61-43(51)52)57-36(69)31(59-41(47)48)55-34(67)26(23-9-5-2-6-10-23)53-38(71)39(72)64(24-17-18-25(65(73)74)28-27(24)62-75-63-28)19-22-15-13-21(14-16-22)12-11-20-7-3-1-4-8-20/h1-18,26,30-33,39,72H,19H2,(H2,44,66)(H,53,71)(H,54,68)(H,55,67)(H,56,70)(H,57,69)(H4,45,46,58)(H4,47,48,59)(H4,49,50,60)(H4,51,52,61)/b12-11+. The van der Waals surface area contributed by atoms with Crippen LogP contribution < -0.4 is 83.1 Å². The van der Waals surface area contributed by atoms with Crippen LogP contribution in [-0.4, -0.2) is 111 Å². The largest absolute Gasteiger partial charge is 0.370 e. The molecule has 0 aliphatic carbocycles. The number of amides is 6. The summed E-state index contributed by atoms with van der Waals surface area (Å²) in [5.41, 5.74) is 50.3. The summed E-state index contributed by atoms with van der Waals surface area (Å²) in [7, 11) is 0. The highest BCUT2D eigenvalue weighted by Crippen LogP contribution is 2.33. The number of anilines is 1. The van der Waals surface area contributed by atoms with E-state index in [4.69, 9.17) is 56.2 Å². The first-order chi connectivity index (χ1) is 35.6. The zero-order valence-electron chi connectivity index (χ0n) is 39.0. The molecule has 0 radical (unpaired) electrons. The molecule has 1 heterocycles. The van der Waals surface area contributed by atoms with Crippen molar-refractivity contribution < 1.29 is 43.4 Å². The summed E-state index contributed by atoms with van der Waals surface area (Å²) in [6, 6.07) is 24.4. The lowest BCUT2D eigenvalue weighted by Crippen LogP contribution is -2.58. The van der Waals surface area contributed by atoms with Crippen LogP contribution in [0.1, 0.15) is 28.3 Å². The first-order valence-electron chi connectivity index (χ1n) is 21.5. The second-order valence-electron chi connectivity index (χ2n) is 15.4. The quantitative estimate of drug-likeness (QED) is 0.00726. The summed E-state index contributed by atoms with van der Waals surface area (Å²) in [5.74, 6) is -10.9. The van der Waals surface area contributed by atoms with E-state index in [1.54, 1.807) is 30.3 Å². The molecular formula is C43H50N22O10. The van der Waals surface area contributed by atoms with Gasteiger partial charge in [-0.2, -0.15) is 0 Å². The minimum atomic E-state index is -2.21. The van der Waals surface area contributed by atoms with Crippen LogP contribution in [0.25, 0.3) is 23.2 Å². The molecule has 6 atom stereocenters. The molecular weight excluding hydrogens is 985 g/mol. The van der Waals surface area contributed by atoms with Gasteiger partial charge in [-0.05, 0) is 38.6 Å². The Balaban J connectivity index is 1.43. The highest BCUT2D eigenvalue weighted by atomic mass is 16.6. The van der Waals surface area contributed by atoms with Crippen molar-refractivity contribution in [2.45, 2.75) is 43.5 Å². The fourth-order valence-corrected chi connectivity index (χ4v) is 6.61. The summed E-state index contributed by atoms with van der Waals surface area (Å²) in [6.45, 7) is -0.250. The van der Waals surface area contributed by atoms with E-state index in [2.05, 4.69) is 46.2 Å². The number of carbonyl (C=O) groups is 6. The summed E-state index contributed by atoms with van der Waals surface area (Å²) in [6.07, 6.45) is -6.78. The van der Waals surface area contributed by atoms with Crippen LogP contribution in [0.5, 0.6) is 0 Å². The zero-order valence-corrected chi connectivity index (χ0v) is 39.0. The molecule has 0 spiro atoms. The van der Waals surface area contributed by atoms with Crippen molar-refractivity contribution in [1.29, 1.82) is 0 Å². The van der Waals surface area contributed by atoms with Crippen LogP contribution in [0, 0.1) is 10.1 Å². The first kappa shape index (κ1) is 55.0. The summed E-state index contributed by atoms with van der Waals surface area (Å²) in [4.78, 5) is 108. The molecule has 0 bridgehead atoms. The summed E-state index contributed by atoms with van der Waals surface area (Å²) < 4.78 is 4.85. The van der Waals surface area contributed by atoms with E-state index in [9.17, 15) is 44.0 Å². The van der Waals surface area contributed by atoms with E-state index in [1.807, 2.05) is 53.1 Å². The topological polar surface area (TPSA) is 552 Å². The van der Waals surface area contributed by atoms with Crippen LogP contribution in [0.15, 0.2) is 122 Å². The van der Waals surface area contributed by atoms with E-state index in [1.165, 1.54) is 30.3 Å². The van der Waals surface area contributed by atoms with Crippen molar-refractivity contribution in [3.8, 4) is 0 Å². The van der Waals surface area contributed by atoms with E-state index >= 15 is 0 Å². The minimum Gasteiger partial charge on any atom is -0.370 e. The van der Waals surface area contributed by atoms with Gasteiger partial charge in [0.15, 0.2) is 29.4 Å². The van der Waals surface area contributed by atoms with Gasteiger partial charge < -0.3 is 88.2 Å². The Labute approximate surface area is 422 Å². The smallest absolute Gasteiger partial charge is 0.300 e. The van der Waals surface area contributed by atoms with Crippen molar-refractivity contribution in [3.05, 3.63) is 129 Å². The number of nitrogens with two attached hydrogens (primary N) is 9. The van der Waals surface area contributed by atoms with Crippen molar-refractivity contribution in [1.82, 2.24) is 36.9 Å². The number of nitrogens with zero attached hydrogens (tertiary/aromatic N) is 8. The maximum absolute atomic E-state index is 14.3. The summed E-state index contributed by atoms with van der Waals surface area (Å²) in [5, 5.41) is 42.1. The van der Waals surface area contributed by atoms with Crippen LogP contribution in [0.3, 0.4) is 0 Å². The minimum absolute atomic E-state index is 0.0526. The van der Waals surface area contributed by atoms with Gasteiger partial charge in [-0.15, -0.1) is 0 Å². The Morgan fingerprint density at radius 1 is 0.573 bits per heavy atom. The Bertz CT molecular complexity index is 3040. The van der Waals surface area contributed by atoms with Gasteiger partial charge in [0.05, 0.1) is 10.6 Å². The van der Waals surface area contributed by atoms with E-state index in [-0.39, 0.29) is 28.8 Å². The lowest BCUT2D eigenvalue weighted by atomic mass is 10.1. The van der Waals surface area contributed by atoms with Gasteiger partial charge in [0.2, 0.25) is 42.3 Å². The van der Waals surface area contributed by atoms with Gasteiger partial charge in [0.1, 0.15) is 6.04 Å². The SMILES string of the molecule is NC(=O)C(N=C(N)N)NC(=O)C(N=C(N)N)NC(=O)C(N=C(N)N)NC(=O)C(N=C(N)N)NC(=O)C(NC(=O)C(O)N(Cc1ccc(/C=C/c2ccccc2)cc1)c1ccc([N+](=O)[O-])c2nonc12)c1ccccc1. The fourth-order valence-electron chi connectivity index (χ4n) is 6.61. The number of aliphatic hydroxyl groups excluding tert-OH is 1. The highest BCUT2D eigenvalue weighted by Gasteiger charge is 2.36. The van der Waals surface area contributed by atoms with Crippen molar-refractivity contribution in [3.63, 3.8) is 0 Å². The molecule has 75 heavy (non-hydrogen) atoms. The van der Waals surface area contributed by atoms with Crippen LogP contribution >= 0.6 is 0 Å². The molecule has 5 aromatic rings. The fraction of sp³-hybridized carbons (Fsp3) is 0.163. The number of carbonyl (C=O) groups excluding carboxylic acids is 6. The molecule has 0 aliphatic rings. The van der Waals surface area contributed by atoms with Gasteiger partial charge in [0, 0.05) is 12.6 Å². The molecule has 392 valence electrons. The number of aromatic nitrogens is 2. The third kappa shape index (κ3) is 15.5. The Kier molecular flexibility index (Phi) is 18.5. The number of non-ortho nitro benzene ring substituents is 1. The van der Waals surface area contributed by atoms with Crippen LogP contribution in [-0.2, 0) is 35.3 Å². The number of benzene rings is 4. The van der Waals surface area contributed by atoms with Crippen LogP contribution in [0.2, 0.25) is 0 Å². The van der Waals surface area contributed by atoms with E-state index in [0.717, 1.165) is 22.1 Å². The third-order valence-electron chi connectivity index (χ3n) is 9.93. The number of nitro benzene ring substituents is 1. The Morgan fingerprint density at radius 3 is 1.49 bits per heavy atom. The number of guanidine groups is 4. The van der Waals surface area contributed by atoms with Crippen molar-refractivity contribution >= 4 is 93.8 Å². The average Bonchev–Trinajstić information content (AvgIpc) is 3.86. The number of nitrogens with one attached hydrogen (secondary N) is 5. The van der Waals surface area contributed by atoms with E-state index < -0.39 is 107 Å². The monoisotopic (exact) mass is 1030 g/mol. The van der Waals surface area contributed by atoms with Gasteiger partial charge in [-0.1, -0.05) is 97.1 Å². The van der Waals surface area contributed by atoms with Crippen molar-refractivity contribution in [2.24, 2.45) is 71.6 Å². The maximum Gasteiger partial charge on any atom is 0.300 e. The van der Waals surface area contributed by atoms with Crippen molar-refractivity contribution in [2.75, 3.05) is 4.90 Å². The highest BCUT2D eigenvalue weighted by molar-refractivity contribution is 6.00. The maximum atomic E-state index is 14.3. The molecule has 6 amide bonds. The third-order valence-corrected chi connectivity index (χ3v) is 9.93. The molecule has 6 unspecified atom stereocenters. The predicted octanol–water partition coefficient (Wildman–Crippen LogP) is -5.17. The number of aliphatic hydroxyl groups is 1. The van der Waals surface area contributed by atoms with Crippen LogP contribution in [0.4, 0.5) is 11.4 Å². The Morgan fingerprint density at radius 2 is 1.01 bits per heavy atom. The second-order valence-corrected chi connectivity index (χ2v) is 15.4. The number of primary amides is 1. The lowest BCUT2D eigenvalue weighted by Gasteiger charge is -2.31. The Hall–Kier alpha value is -10.9. The number of rotatable bonds is 23. The second kappa shape index (κ2) is 25.3. The molecule has 0 saturated carbocycles. The molecule has 0 aliphatic heterocycles. The van der Waals surface area contributed by atoms with Gasteiger partial charge >= 0.3 is 5.69 Å². The predicted molar refractivity (Wildman–Crippen MR) is 270 cm³/mol.